The van der Waals surface area contributed by atoms with Crippen LogP contribution in [0.2, 0.25) is 0 Å². The van der Waals surface area contributed by atoms with E-state index in [0.717, 1.165) is 34.7 Å². The highest BCUT2D eigenvalue weighted by molar-refractivity contribution is 6.03. The van der Waals surface area contributed by atoms with Gasteiger partial charge in [-0.05, 0) is 134 Å². The van der Waals surface area contributed by atoms with Gasteiger partial charge in [-0.1, -0.05) is 27.0 Å². The quantitative estimate of drug-likeness (QED) is 0.0249. The Labute approximate surface area is 308 Å². The largest absolute Gasteiger partial charge is 0.494 e. The van der Waals surface area contributed by atoms with Gasteiger partial charge in [0, 0.05) is 12.2 Å². The van der Waals surface area contributed by atoms with Crippen LogP contribution in [0.25, 0.3) is 0 Å². The SMILES string of the molecule is C=CC(=O)OCCCCOc1ccc(C(=O)Oc2ccc(C(CC)=NN=C(CC)c3ccc(OC(=O)c4ccc(OC(=O)C=C)cc4)cc3)cc2)cc1. The highest BCUT2D eigenvalue weighted by Gasteiger charge is 2.12. The Kier molecular flexibility index (Phi) is 15.0. The standard InChI is InChI=1S/C42H40N2O9/c1-5-37(29-11-21-35(22-12-29)52-41(47)31-15-19-33(20-16-31)49-27-9-10-28-50-39(45)7-3)43-44-38(6-2)30-13-23-36(24-14-30)53-42(48)32-17-25-34(26-18-32)51-40(46)8-4/h7-8,11-26H,3-6,9-10,27-28H2,1-2H3. The lowest BCUT2D eigenvalue weighted by Crippen LogP contribution is -2.09. The molecule has 0 spiro atoms. The van der Waals surface area contributed by atoms with Crippen LogP contribution in [0, 0.1) is 0 Å². The molecule has 0 aliphatic rings. The van der Waals surface area contributed by atoms with Gasteiger partial charge >= 0.3 is 23.9 Å². The summed E-state index contributed by atoms with van der Waals surface area (Å²) < 4.78 is 26.7. The number of rotatable bonds is 18. The summed E-state index contributed by atoms with van der Waals surface area (Å²) in [5.41, 5.74) is 3.82. The van der Waals surface area contributed by atoms with E-state index >= 15 is 0 Å². The zero-order chi connectivity index (χ0) is 38.0. The lowest BCUT2D eigenvalue weighted by molar-refractivity contribution is -0.138. The van der Waals surface area contributed by atoms with Crippen molar-refractivity contribution in [1.82, 2.24) is 0 Å². The normalized spacial score (nSPS) is 11.2. The predicted octanol–water partition coefficient (Wildman–Crippen LogP) is 8.12. The van der Waals surface area contributed by atoms with Gasteiger partial charge in [0.15, 0.2) is 0 Å². The van der Waals surface area contributed by atoms with Crippen molar-refractivity contribution in [3.63, 3.8) is 0 Å². The van der Waals surface area contributed by atoms with Crippen LogP contribution in [0.1, 0.15) is 71.4 Å². The molecular weight excluding hydrogens is 676 g/mol. The topological polar surface area (TPSA) is 139 Å². The Hall–Kier alpha value is -6.62. The third kappa shape index (κ3) is 12.3. The number of hydrogen-bond donors (Lipinski definition) is 0. The molecule has 0 bridgehead atoms. The summed E-state index contributed by atoms with van der Waals surface area (Å²) in [4.78, 5) is 47.8. The number of unbranched alkanes of at least 4 members (excludes halogenated alkanes) is 1. The van der Waals surface area contributed by atoms with E-state index in [-0.39, 0.29) is 5.75 Å². The van der Waals surface area contributed by atoms with E-state index in [2.05, 4.69) is 23.4 Å². The molecule has 0 aromatic heterocycles. The van der Waals surface area contributed by atoms with E-state index in [1.54, 1.807) is 48.5 Å². The molecule has 11 nitrogen and oxygen atoms in total. The fraction of sp³-hybridized carbons (Fsp3) is 0.190. The van der Waals surface area contributed by atoms with Crippen molar-refractivity contribution < 1.29 is 42.9 Å². The van der Waals surface area contributed by atoms with Crippen molar-refractivity contribution >= 4 is 35.3 Å². The fourth-order valence-corrected chi connectivity index (χ4v) is 4.68. The maximum atomic E-state index is 12.8. The Morgan fingerprint density at radius 1 is 0.509 bits per heavy atom. The molecule has 0 fully saturated rings. The van der Waals surface area contributed by atoms with Gasteiger partial charge in [-0.2, -0.15) is 10.2 Å². The van der Waals surface area contributed by atoms with Crippen LogP contribution in [0.3, 0.4) is 0 Å². The van der Waals surface area contributed by atoms with Crippen LogP contribution >= 0.6 is 0 Å². The fourth-order valence-electron chi connectivity index (χ4n) is 4.68. The first kappa shape index (κ1) is 39.2. The second-order valence-electron chi connectivity index (χ2n) is 11.2. The monoisotopic (exact) mass is 716 g/mol. The minimum atomic E-state index is -0.593. The van der Waals surface area contributed by atoms with Crippen LogP contribution in [-0.2, 0) is 14.3 Å². The van der Waals surface area contributed by atoms with Gasteiger partial charge in [0.25, 0.3) is 0 Å². The molecule has 0 amide bonds. The summed E-state index contributed by atoms with van der Waals surface area (Å²) in [6.07, 6.45) is 4.77. The molecule has 0 heterocycles. The third-order valence-corrected chi connectivity index (χ3v) is 7.54. The Morgan fingerprint density at radius 3 is 1.30 bits per heavy atom. The van der Waals surface area contributed by atoms with Crippen LogP contribution in [0.4, 0.5) is 0 Å². The molecule has 0 aliphatic carbocycles. The molecular formula is C42H40N2O9. The number of ether oxygens (including phenoxy) is 5. The number of esters is 4. The summed E-state index contributed by atoms with van der Waals surface area (Å²) >= 11 is 0. The molecule has 0 unspecified atom stereocenters. The van der Waals surface area contributed by atoms with E-state index < -0.39 is 23.9 Å². The zero-order valence-corrected chi connectivity index (χ0v) is 29.6. The minimum absolute atomic E-state index is 0.288. The Balaban J connectivity index is 1.30. The average molecular weight is 717 g/mol. The van der Waals surface area contributed by atoms with Crippen molar-refractivity contribution in [1.29, 1.82) is 0 Å². The van der Waals surface area contributed by atoms with E-state index in [0.29, 0.717) is 67.3 Å². The summed E-state index contributed by atoms with van der Waals surface area (Å²) in [6, 6.07) is 26.7. The molecule has 4 aromatic carbocycles. The Morgan fingerprint density at radius 2 is 0.887 bits per heavy atom. The van der Waals surface area contributed by atoms with E-state index in [4.69, 9.17) is 23.7 Å². The molecule has 0 N–H and O–H groups in total. The van der Waals surface area contributed by atoms with Crippen LogP contribution in [0.15, 0.2) is 133 Å². The van der Waals surface area contributed by atoms with Gasteiger partial charge in [-0.3, -0.25) is 0 Å². The summed E-state index contributed by atoms with van der Waals surface area (Å²) in [6.45, 7) is 11.4. The highest BCUT2D eigenvalue weighted by Crippen LogP contribution is 2.20. The van der Waals surface area contributed by atoms with Gasteiger partial charge in [0.05, 0.1) is 35.8 Å². The summed E-state index contributed by atoms with van der Waals surface area (Å²) in [5, 5.41) is 9.06. The van der Waals surface area contributed by atoms with Crippen LogP contribution in [0.5, 0.6) is 23.0 Å². The average Bonchev–Trinajstić information content (AvgIpc) is 3.19. The first-order chi connectivity index (χ1) is 25.7. The molecule has 53 heavy (non-hydrogen) atoms. The maximum absolute atomic E-state index is 12.8. The molecule has 0 saturated carbocycles. The van der Waals surface area contributed by atoms with Crippen molar-refractivity contribution in [2.24, 2.45) is 10.2 Å². The minimum Gasteiger partial charge on any atom is -0.494 e. The first-order valence-corrected chi connectivity index (χ1v) is 17.0. The van der Waals surface area contributed by atoms with Crippen molar-refractivity contribution in [3.8, 4) is 23.0 Å². The maximum Gasteiger partial charge on any atom is 0.343 e. The van der Waals surface area contributed by atoms with E-state index in [1.807, 2.05) is 38.1 Å². The predicted molar refractivity (Wildman–Crippen MR) is 201 cm³/mol. The molecule has 272 valence electrons. The van der Waals surface area contributed by atoms with Crippen molar-refractivity contribution in [3.05, 3.63) is 145 Å². The molecule has 0 radical (unpaired) electrons. The van der Waals surface area contributed by atoms with Gasteiger partial charge in [0.1, 0.15) is 23.0 Å². The third-order valence-electron chi connectivity index (χ3n) is 7.54. The van der Waals surface area contributed by atoms with Gasteiger partial charge in [-0.15, -0.1) is 0 Å². The number of carbonyl (C=O) groups is 4. The van der Waals surface area contributed by atoms with Gasteiger partial charge in [0.2, 0.25) is 0 Å². The smallest absolute Gasteiger partial charge is 0.343 e. The van der Waals surface area contributed by atoms with Gasteiger partial charge < -0.3 is 23.7 Å². The van der Waals surface area contributed by atoms with E-state index in [9.17, 15) is 19.2 Å². The lowest BCUT2D eigenvalue weighted by Gasteiger charge is -2.09. The molecule has 11 heteroatoms. The van der Waals surface area contributed by atoms with Crippen molar-refractivity contribution in [2.45, 2.75) is 39.5 Å². The number of nitrogens with zero attached hydrogens (tertiary/aromatic N) is 2. The number of carbonyl (C=O) groups excluding carboxylic acids is 4. The first-order valence-electron chi connectivity index (χ1n) is 17.0. The molecule has 0 saturated heterocycles. The number of benzene rings is 4. The summed E-state index contributed by atoms with van der Waals surface area (Å²) in [7, 11) is 0. The Bertz CT molecular complexity index is 1950. The van der Waals surface area contributed by atoms with Crippen LogP contribution in [-0.4, -0.2) is 48.5 Å². The zero-order valence-electron chi connectivity index (χ0n) is 29.6. The second-order valence-corrected chi connectivity index (χ2v) is 11.2. The summed E-state index contributed by atoms with van der Waals surface area (Å²) in [5.74, 6) is -0.454. The molecule has 0 atom stereocenters. The molecule has 0 aliphatic heterocycles. The van der Waals surface area contributed by atoms with Crippen LogP contribution < -0.4 is 18.9 Å². The number of hydrogen-bond acceptors (Lipinski definition) is 11. The highest BCUT2D eigenvalue weighted by atomic mass is 16.5. The second kappa shape index (κ2) is 20.3. The van der Waals surface area contributed by atoms with E-state index in [1.165, 1.54) is 24.3 Å². The van der Waals surface area contributed by atoms with Crippen molar-refractivity contribution in [2.75, 3.05) is 13.2 Å². The molecule has 4 rings (SSSR count). The lowest BCUT2D eigenvalue weighted by atomic mass is 10.1. The molecule has 4 aromatic rings. The van der Waals surface area contributed by atoms with Gasteiger partial charge in [-0.25, -0.2) is 19.2 Å².